The standard InChI is InChI=1S/C17H13ClN4O/c18-15-8-7-13(11-20-15)12-22-10-4-9-19-17(22)21-16(23)14-5-2-1-3-6-14/h1-11H,12H2. The van der Waals surface area contributed by atoms with Crippen LogP contribution in [-0.2, 0) is 6.54 Å². The van der Waals surface area contributed by atoms with E-state index in [9.17, 15) is 4.79 Å². The molecule has 0 aliphatic carbocycles. The molecule has 6 heteroatoms. The van der Waals surface area contributed by atoms with E-state index in [1.54, 1.807) is 53.4 Å². The SMILES string of the molecule is O=C(N=c1ncccn1Cc1ccc(Cl)nc1)c1ccccc1. The van der Waals surface area contributed by atoms with E-state index >= 15 is 0 Å². The molecule has 0 saturated carbocycles. The van der Waals surface area contributed by atoms with E-state index in [4.69, 9.17) is 11.6 Å². The Kier molecular flexibility index (Phi) is 4.59. The van der Waals surface area contributed by atoms with E-state index in [1.165, 1.54) is 0 Å². The first-order chi connectivity index (χ1) is 11.2. The molecule has 1 aromatic carbocycles. The van der Waals surface area contributed by atoms with Crippen LogP contribution in [0.15, 0.2) is 72.1 Å². The van der Waals surface area contributed by atoms with Gasteiger partial charge in [0.1, 0.15) is 5.15 Å². The molecule has 0 aliphatic heterocycles. The van der Waals surface area contributed by atoms with Crippen molar-refractivity contribution in [3.05, 3.63) is 89.0 Å². The monoisotopic (exact) mass is 324 g/mol. The van der Waals surface area contributed by atoms with Crippen LogP contribution in [0.5, 0.6) is 0 Å². The highest BCUT2D eigenvalue weighted by molar-refractivity contribution is 6.29. The summed E-state index contributed by atoms with van der Waals surface area (Å²) in [5.41, 5.74) is 1.81. The molecule has 0 unspecified atom stereocenters. The average molecular weight is 325 g/mol. The Morgan fingerprint density at radius 3 is 2.65 bits per heavy atom. The highest BCUT2D eigenvalue weighted by Crippen LogP contribution is 2.06. The number of benzene rings is 1. The Balaban J connectivity index is 1.93. The molecule has 0 atom stereocenters. The van der Waals surface area contributed by atoms with Crippen LogP contribution >= 0.6 is 11.6 Å². The Bertz CT molecular complexity index is 873. The minimum absolute atomic E-state index is 0.327. The molecule has 2 heterocycles. The highest BCUT2D eigenvalue weighted by Gasteiger charge is 2.04. The molecular formula is C17H13ClN4O. The van der Waals surface area contributed by atoms with Gasteiger partial charge in [-0.05, 0) is 29.8 Å². The molecule has 114 valence electrons. The zero-order chi connectivity index (χ0) is 16.1. The lowest BCUT2D eigenvalue weighted by Gasteiger charge is -2.06. The Hall–Kier alpha value is -2.79. The summed E-state index contributed by atoms with van der Waals surface area (Å²) in [4.78, 5) is 24.6. The lowest BCUT2D eigenvalue weighted by Crippen LogP contribution is -2.25. The van der Waals surface area contributed by atoms with Gasteiger partial charge >= 0.3 is 0 Å². The molecule has 0 bridgehead atoms. The molecule has 0 N–H and O–H groups in total. The van der Waals surface area contributed by atoms with E-state index in [2.05, 4.69) is 15.0 Å². The van der Waals surface area contributed by atoms with Gasteiger partial charge in [-0.25, -0.2) is 9.97 Å². The van der Waals surface area contributed by atoms with Crippen LogP contribution < -0.4 is 5.62 Å². The number of halogens is 1. The van der Waals surface area contributed by atoms with Crippen molar-refractivity contribution in [1.29, 1.82) is 0 Å². The van der Waals surface area contributed by atoms with Gasteiger partial charge in [0.2, 0.25) is 5.62 Å². The molecule has 23 heavy (non-hydrogen) atoms. The average Bonchev–Trinajstić information content (AvgIpc) is 2.59. The summed E-state index contributed by atoms with van der Waals surface area (Å²) in [6.07, 6.45) is 5.11. The molecule has 0 spiro atoms. The van der Waals surface area contributed by atoms with Crippen LogP contribution in [0.1, 0.15) is 15.9 Å². The smallest absolute Gasteiger partial charge is 0.280 e. The summed E-state index contributed by atoms with van der Waals surface area (Å²) in [6.45, 7) is 0.499. The normalized spacial score (nSPS) is 11.4. The van der Waals surface area contributed by atoms with E-state index in [0.717, 1.165) is 5.56 Å². The first-order valence-corrected chi connectivity index (χ1v) is 7.36. The fraction of sp³-hybridized carbons (Fsp3) is 0.0588. The maximum absolute atomic E-state index is 12.2. The highest BCUT2D eigenvalue weighted by atomic mass is 35.5. The molecular weight excluding hydrogens is 312 g/mol. The van der Waals surface area contributed by atoms with E-state index < -0.39 is 0 Å². The van der Waals surface area contributed by atoms with Crippen LogP contribution in [0.2, 0.25) is 5.15 Å². The van der Waals surface area contributed by atoms with Gasteiger partial charge in [-0.2, -0.15) is 4.99 Å². The predicted molar refractivity (Wildman–Crippen MR) is 86.9 cm³/mol. The molecule has 5 nitrogen and oxygen atoms in total. The number of nitrogens with zero attached hydrogens (tertiary/aromatic N) is 4. The van der Waals surface area contributed by atoms with Crippen LogP contribution in [0, 0.1) is 0 Å². The minimum Gasteiger partial charge on any atom is -0.313 e. The second kappa shape index (κ2) is 6.98. The van der Waals surface area contributed by atoms with Crippen molar-refractivity contribution in [2.24, 2.45) is 4.99 Å². The lowest BCUT2D eigenvalue weighted by molar-refractivity contribution is 0.0996. The second-order valence-electron chi connectivity index (χ2n) is 4.82. The van der Waals surface area contributed by atoms with E-state index in [1.807, 2.05) is 18.3 Å². The summed E-state index contributed by atoms with van der Waals surface area (Å²) in [7, 11) is 0. The number of aromatic nitrogens is 3. The van der Waals surface area contributed by atoms with Gasteiger partial charge in [-0.15, -0.1) is 0 Å². The minimum atomic E-state index is -0.327. The summed E-state index contributed by atoms with van der Waals surface area (Å²) in [6, 6.07) is 14.3. The Morgan fingerprint density at radius 1 is 1.09 bits per heavy atom. The summed E-state index contributed by atoms with van der Waals surface area (Å²) < 4.78 is 1.78. The van der Waals surface area contributed by atoms with Gasteiger partial charge in [0, 0.05) is 24.2 Å². The molecule has 3 aromatic rings. The maximum Gasteiger partial charge on any atom is 0.280 e. The van der Waals surface area contributed by atoms with Crippen molar-refractivity contribution >= 4 is 17.5 Å². The number of carbonyl (C=O) groups excluding carboxylic acids is 1. The van der Waals surface area contributed by atoms with Gasteiger partial charge in [0.15, 0.2) is 0 Å². The zero-order valence-corrected chi connectivity index (χ0v) is 12.9. The van der Waals surface area contributed by atoms with Gasteiger partial charge in [0.25, 0.3) is 5.91 Å². The van der Waals surface area contributed by atoms with Crippen molar-refractivity contribution in [3.63, 3.8) is 0 Å². The molecule has 0 radical (unpaired) electrons. The Labute approximate surface area is 138 Å². The number of amides is 1. The summed E-state index contributed by atoms with van der Waals surface area (Å²) >= 11 is 5.79. The van der Waals surface area contributed by atoms with Crippen LogP contribution in [0.3, 0.4) is 0 Å². The van der Waals surface area contributed by atoms with E-state index in [0.29, 0.717) is 22.9 Å². The zero-order valence-electron chi connectivity index (χ0n) is 12.1. The molecule has 0 aliphatic rings. The fourth-order valence-electron chi connectivity index (χ4n) is 2.04. The largest absolute Gasteiger partial charge is 0.313 e. The van der Waals surface area contributed by atoms with Crippen LogP contribution in [-0.4, -0.2) is 20.4 Å². The number of carbonyl (C=O) groups is 1. The van der Waals surface area contributed by atoms with E-state index in [-0.39, 0.29) is 5.91 Å². The van der Waals surface area contributed by atoms with Crippen molar-refractivity contribution in [2.75, 3.05) is 0 Å². The number of hydrogen-bond donors (Lipinski definition) is 0. The number of hydrogen-bond acceptors (Lipinski definition) is 3. The molecule has 3 rings (SSSR count). The molecule has 0 fully saturated rings. The quantitative estimate of drug-likeness (QED) is 0.696. The molecule has 2 aromatic heterocycles. The topological polar surface area (TPSA) is 60.1 Å². The van der Waals surface area contributed by atoms with Crippen LogP contribution in [0.25, 0.3) is 0 Å². The third-order valence-electron chi connectivity index (χ3n) is 3.16. The third kappa shape index (κ3) is 3.90. The number of rotatable bonds is 3. The van der Waals surface area contributed by atoms with Crippen molar-refractivity contribution < 1.29 is 4.79 Å². The molecule has 1 amide bonds. The van der Waals surface area contributed by atoms with Crippen molar-refractivity contribution in [2.45, 2.75) is 6.54 Å². The van der Waals surface area contributed by atoms with Crippen molar-refractivity contribution in [3.8, 4) is 0 Å². The first kappa shape index (κ1) is 15.1. The van der Waals surface area contributed by atoms with Gasteiger partial charge in [-0.3, -0.25) is 4.79 Å². The third-order valence-corrected chi connectivity index (χ3v) is 3.39. The van der Waals surface area contributed by atoms with Crippen LogP contribution in [0.4, 0.5) is 0 Å². The summed E-state index contributed by atoms with van der Waals surface area (Å²) in [5, 5.41) is 0.439. The second-order valence-corrected chi connectivity index (χ2v) is 5.21. The number of pyridine rings is 1. The fourth-order valence-corrected chi connectivity index (χ4v) is 2.15. The maximum atomic E-state index is 12.2. The predicted octanol–water partition coefficient (Wildman–Crippen LogP) is 2.72. The lowest BCUT2D eigenvalue weighted by atomic mass is 10.2. The van der Waals surface area contributed by atoms with Gasteiger partial charge in [-0.1, -0.05) is 35.9 Å². The molecule has 0 saturated heterocycles. The van der Waals surface area contributed by atoms with Gasteiger partial charge in [0.05, 0.1) is 6.54 Å². The van der Waals surface area contributed by atoms with Crippen molar-refractivity contribution in [1.82, 2.24) is 14.5 Å². The summed E-state index contributed by atoms with van der Waals surface area (Å²) in [5.74, 6) is -0.327. The first-order valence-electron chi connectivity index (χ1n) is 6.98. The van der Waals surface area contributed by atoms with Gasteiger partial charge < -0.3 is 4.57 Å². The Morgan fingerprint density at radius 2 is 1.91 bits per heavy atom.